The Balaban J connectivity index is 0.733. The molecule has 0 amide bonds. The van der Waals surface area contributed by atoms with E-state index >= 15 is 0 Å². The van der Waals surface area contributed by atoms with Crippen molar-refractivity contribution in [3.05, 3.63) is 157 Å². The number of nitriles is 1. The van der Waals surface area contributed by atoms with Crippen LogP contribution in [0.2, 0.25) is 0 Å². The smallest absolute Gasteiger partial charge is 0.330 e. The quantitative estimate of drug-likeness (QED) is 0.0236. The topological polar surface area (TPSA) is 113 Å². The van der Waals surface area contributed by atoms with Gasteiger partial charge in [-0.3, -0.25) is 0 Å². The van der Waals surface area contributed by atoms with E-state index in [1.807, 2.05) is 18.2 Å². The molecule has 0 N–H and O–H groups in total. The predicted octanol–water partition coefficient (Wildman–Crippen LogP) is 16.5. The van der Waals surface area contributed by atoms with Gasteiger partial charge in [0, 0.05) is 18.2 Å². The zero-order chi connectivity index (χ0) is 53.0. The molecule has 0 radical (unpaired) electrons. The average Bonchev–Trinajstić information content (AvgIpc) is 3.47. The molecule has 2 fully saturated rings. The molecule has 9 heteroatoms. The van der Waals surface area contributed by atoms with Crippen LogP contribution in [-0.4, -0.2) is 51.6 Å². The van der Waals surface area contributed by atoms with E-state index in [0.717, 1.165) is 100 Å². The van der Waals surface area contributed by atoms with E-state index in [1.165, 1.54) is 96.9 Å². The van der Waals surface area contributed by atoms with E-state index in [4.69, 9.17) is 28.4 Å². The van der Waals surface area contributed by atoms with Gasteiger partial charge in [0.1, 0.15) is 11.5 Å². The number of rotatable bonds is 32. The summed E-state index contributed by atoms with van der Waals surface area (Å²) in [6.45, 7) is 10.3. The Labute approximate surface area is 453 Å². The van der Waals surface area contributed by atoms with E-state index in [1.54, 1.807) is 0 Å². The molecule has 2 aliphatic rings. The molecule has 5 aromatic carbocycles. The van der Waals surface area contributed by atoms with Gasteiger partial charge in [-0.2, -0.15) is 5.26 Å². The molecule has 0 unspecified atom stereocenters. The first-order valence-electron chi connectivity index (χ1n) is 28.4. The number of esters is 2. The first-order chi connectivity index (χ1) is 37.4. The summed E-state index contributed by atoms with van der Waals surface area (Å²) < 4.78 is 34.6. The average molecular weight is 1030 g/mol. The fourth-order valence-electron chi connectivity index (χ4n) is 10.8. The molecular weight excluding hydrogens is 947 g/mol. The van der Waals surface area contributed by atoms with Crippen LogP contribution in [0.25, 0.3) is 22.3 Å². The van der Waals surface area contributed by atoms with Crippen LogP contribution in [0.5, 0.6) is 23.0 Å². The van der Waals surface area contributed by atoms with Crippen molar-refractivity contribution in [3.8, 4) is 51.3 Å². The highest BCUT2D eigenvalue weighted by Gasteiger charge is 2.24. The molecule has 0 heterocycles. The number of ether oxygens (including phenoxy) is 6. The lowest BCUT2D eigenvalue weighted by atomic mass is 9.77. The van der Waals surface area contributed by atoms with Crippen LogP contribution >= 0.6 is 0 Å². The first kappa shape index (κ1) is 56.9. The highest BCUT2D eigenvalue weighted by molar-refractivity contribution is 5.81. The van der Waals surface area contributed by atoms with Crippen molar-refractivity contribution in [2.75, 3.05) is 39.6 Å². The predicted molar refractivity (Wildman–Crippen MR) is 304 cm³/mol. The molecule has 76 heavy (non-hydrogen) atoms. The maximum absolute atomic E-state index is 11.1. The van der Waals surface area contributed by atoms with Crippen LogP contribution in [0.3, 0.4) is 0 Å². The number of benzene rings is 5. The minimum atomic E-state index is -0.360. The Kier molecular flexibility index (Phi) is 23.9. The van der Waals surface area contributed by atoms with Gasteiger partial charge in [0.15, 0.2) is 11.5 Å². The van der Waals surface area contributed by atoms with E-state index in [0.29, 0.717) is 68.7 Å². The van der Waals surface area contributed by atoms with Crippen LogP contribution in [-0.2, 0) is 19.1 Å². The highest BCUT2D eigenvalue weighted by Crippen LogP contribution is 2.40. The SMILES string of the molecule is C=CC(=O)OCCCCCCOc1ccc(-c2ccc([C@H]3CC[C@H](CCCOc4ccc(C#N)cc4OCCC[C@H]4CC[C@H](c5ccc(-c6ccc(OCCCCCCOC(=O)C=C)cc6)cc5)CC4)CC3)cc2)cc1. The Morgan fingerprint density at radius 2 is 0.803 bits per heavy atom. The number of nitrogens with zero attached hydrogens (tertiary/aromatic N) is 1. The number of carbonyl (C=O) groups excluding carboxylic acids is 2. The molecule has 0 aromatic heterocycles. The van der Waals surface area contributed by atoms with Crippen LogP contribution in [0.15, 0.2) is 141 Å². The largest absolute Gasteiger partial charge is 0.494 e. The molecular formula is C67H81NO8. The van der Waals surface area contributed by atoms with Gasteiger partial charge in [0.25, 0.3) is 0 Å². The second-order valence-corrected chi connectivity index (χ2v) is 20.8. The molecule has 0 bridgehead atoms. The Hall–Kier alpha value is -6.79. The molecule has 0 spiro atoms. The van der Waals surface area contributed by atoms with E-state index in [9.17, 15) is 14.9 Å². The molecule has 0 aliphatic heterocycles. The minimum absolute atomic E-state index is 0.360. The van der Waals surface area contributed by atoms with Crippen molar-refractivity contribution in [2.45, 2.75) is 140 Å². The van der Waals surface area contributed by atoms with Crippen molar-refractivity contribution in [1.29, 1.82) is 5.26 Å². The molecule has 5 aromatic rings. The third kappa shape index (κ3) is 19.1. The Bertz CT molecular complexity index is 2550. The molecule has 0 saturated heterocycles. The van der Waals surface area contributed by atoms with Gasteiger partial charge in [-0.1, -0.05) is 86.0 Å². The summed E-state index contributed by atoms with van der Waals surface area (Å²) >= 11 is 0. The summed E-state index contributed by atoms with van der Waals surface area (Å²) in [5.41, 5.74) is 8.30. The fraction of sp³-hybridized carbons (Fsp3) is 0.448. The molecule has 2 saturated carbocycles. The maximum atomic E-state index is 11.1. The summed E-state index contributed by atoms with van der Waals surface area (Å²) in [5.74, 6) is 5.12. The number of unbranched alkanes of at least 4 members (excludes halogenated alkanes) is 6. The van der Waals surface area contributed by atoms with Crippen LogP contribution < -0.4 is 18.9 Å². The van der Waals surface area contributed by atoms with Gasteiger partial charge in [0.2, 0.25) is 0 Å². The highest BCUT2D eigenvalue weighted by atomic mass is 16.5. The lowest BCUT2D eigenvalue weighted by Crippen LogP contribution is -2.14. The summed E-state index contributed by atoms with van der Waals surface area (Å²) in [6, 6.07) is 42.9. The monoisotopic (exact) mass is 1030 g/mol. The van der Waals surface area contributed by atoms with Gasteiger partial charge in [-0.15, -0.1) is 0 Å². The van der Waals surface area contributed by atoms with Crippen molar-refractivity contribution in [3.63, 3.8) is 0 Å². The van der Waals surface area contributed by atoms with Crippen molar-refractivity contribution in [1.82, 2.24) is 0 Å². The van der Waals surface area contributed by atoms with Crippen LogP contribution in [0.1, 0.15) is 157 Å². The molecule has 9 nitrogen and oxygen atoms in total. The van der Waals surface area contributed by atoms with Gasteiger partial charge >= 0.3 is 11.9 Å². The Morgan fingerprint density at radius 3 is 1.20 bits per heavy atom. The number of carbonyl (C=O) groups is 2. The lowest BCUT2D eigenvalue weighted by molar-refractivity contribution is -0.138. The minimum Gasteiger partial charge on any atom is -0.494 e. The van der Waals surface area contributed by atoms with Crippen LogP contribution in [0.4, 0.5) is 0 Å². The zero-order valence-corrected chi connectivity index (χ0v) is 44.9. The molecule has 2 aliphatic carbocycles. The molecule has 0 atom stereocenters. The van der Waals surface area contributed by atoms with Gasteiger partial charge < -0.3 is 28.4 Å². The summed E-state index contributed by atoms with van der Waals surface area (Å²) in [7, 11) is 0. The Morgan fingerprint density at radius 1 is 0.434 bits per heavy atom. The standard InChI is InChI=1S/C67H81NO8/c1-3-66(69)75-45-11-7-5-9-43-71-62-38-34-60(35-39-62)58-30-26-56(27-31-58)54-22-17-51(18-23-54)15-13-47-73-64-42-21-53(50-68)49-65(64)74-48-14-16-52-19-24-55(25-20-52)57-28-32-59(33-29-57)61-36-40-63(41-37-61)72-44-10-6-8-12-46-76-67(70)4-2/h3-4,21,26-42,49,51-52,54-55H,1-2,5-20,22-25,43-48H2/t51-,52-,54-,55-. The normalized spacial score (nSPS) is 17.1. The van der Waals surface area contributed by atoms with Gasteiger partial charge in [0.05, 0.1) is 51.3 Å². The third-order valence-corrected chi connectivity index (χ3v) is 15.4. The number of hydrogen-bond donors (Lipinski definition) is 0. The van der Waals surface area contributed by atoms with Gasteiger partial charge in [-0.05, 0) is 222 Å². The number of hydrogen-bond acceptors (Lipinski definition) is 9. The lowest BCUT2D eigenvalue weighted by Gasteiger charge is -2.29. The van der Waals surface area contributed by atoms with Crippen molar-refractivity contribution < 1.29 is 38.0 Å². The maximum Gasteiger partial charge on any atom is 0.330 e. The molecule has 402 valence electrons. The van der Waals surface area contributed by atoms with Crippen molar-refractivity contribution >= 4 is 11.9 Å². The van der Waals surface area contributed by atoms with E-state index in [2.05, 4.69) is 116 Å². The van der Waals surface area contributed by atoms with Crippen LogP contribution in [0, 0.1) is 23.2 Å². The summed E-state index contributed by atoms with van der Waals surface area (Å²) in [5, 5.41) is 9.65. The van der Waals surface area contributed by atoms with Crippen molar-refractivity contribution in [2.24, 2.45) is 11.8 Å². The molecule has 7 rings (SSSR count). The van der Waals surface area contributed by atoms with Gasteiger partial charge in [-0.25, -0.2) is 9.59 Å². The zero-order valence-electron chi connectivity index (χ0n) is 44.9. The second kappa shape index (κ2) is 31.9. The second-order valence-electron chi connectivity index (χ2n) is 20.8. The van der Waals surface area contributed by atoms with E-state index < -0.39 is 0 Å². The first-order valence-corrected chi connectivity index (χ1v) is 28.4. The summed E-state index contributed by atoms with van der Waals surface area (Å²) in [4.78, 5) is 22.3. The third-order valence-electron chi connectivity index (χ3n) is 15.4. The fourth-order valence-corrected chi connectivity index (χ4v) is 10.8. The van der Waals surface area contributed by atoms with E-state index in [-0.39, 0.29) is 11.9 Å². The summed E-state index contributed by atoms with van der Waals surface area (Å²) in [6.07, 6.45) is 24.3.